The maximum atomic E-state index is 2.33. The lowest BCUT2D eigenvalue weighted by Gasteiger charge is -2.27. The molecule has 0 aliphatic carbocycles. The molecular weight excluding hydrogens is 749 g/mol. The van der Waals surface area contributed by atoms with Crippen LogP contribution in [0.5, 0.6) is 0 Å². The Bertz CT molecular complexity index is 2800. The summed E-state index contributed by atoms with van der Waals surface area (Å²) in [6.45, 7) is 4.15. The van der Waals surface area contributed by atoms with Gasteiger partial charge >= 0.3 is 0 Å². The standard InChI is InChI=1S/C60H48N2/c1-3-14-45(4-2)49-21-33-55(34-22-49)61(56-35-23-50(24-36-56)46-15-8-5-9-16-46)59-41-29-53(30-42-59)54-31-43-60(44-32-54)62(57-37-25-51(26-38-57)47-17-10-6-11-18-47)58-39-27-52(28-40-58)48-19-12-7-13-20-48/h3-44H,1-2H3/b14-3-,45-4+. The third kappa shape index (κ3) is 8.68. The fourth-order valence-corrected chi connectivity index (χ4v) is 8.14. The zero-order valence-corrected chi connectivity index (χ0v) is 35.1. The molecular formula is C60H48N2. The molecule has 0 aliphatic rings. The second kappa shape index (κ2) is 18.5. The summed E-state index contributed by atoms with van der Waals surface area (Å²) < 4.78 is 0. The van der Waals surface area contributed by atoms with Gasteiger partial charge in [-0.25, -0.2) is 0 Å². The van der Waals surface area contributed by atoms with Crippen LogP contribution in [0.1, 0.15) is 19.4 Å². The first kappa shape index (κ1) is 39.5. The van der Waals surface area contributed by atoms with Crippen molar-refractivity contribution in [3.63, 3.8) is 0 Å². The van der Waals surface area contributed by atoms with E-state index in [1.165, 1.54) is 44.5 Å². The van der Waals surface area contributed by atoms with Crippen molar-refractivity contribution >= 4 is 39.7 Å². The molecule has 0 unspecified atom stereocenters. The number of hydrogen-bond donors (Lipinski definition) is 0. The molecule has 0 spiro atoms. The summed E-state index contributed by atoms with van der Waals surface area (Å²) in [5, 5.41) is 0. The van der Waals surface area contributed by atoms with Gasteiger partial charge < -0.3 is 9.80 Å². The van der Waals surface area contributed by atoms with E-state index in [4.69, 9.17) is 0 Å². The maximum Gasteiger partial charge on any atom is 0.0462 e. The van der Waals surface area contributed by atoms with Crippen molar-refractivity contribution in [1.82, 2.24) is 0 Å². The summed E-state index contributed by atoms with van der Waals surface area (Å²) >= 11 is 0. The van der Waals surface area contributed by atoms with Gasteiger partial charge in [0.15, 0.2) is 0 Å². The molecule has 9 rings (SSSR count). The highest BCUT2D eigenvalue weighted by molar-refractivity contribution is 5.84. The van der Waals surface area contributed by atoms with Crippen LogP contribution < -0.4 is 9.80 Å². The van der Waals surface area contributed by atoms with Crippen LogP contribution in [0.25, 0.3) is 50.1 Å². The Morgan fingerprint density at radius 3 is 0.726 bits per heavy atom. The van der Waals surface area contributed by atoms with E-state index in [0.29, 0.717) is 0 Å². The second-order valence-electron chi connectivity index (χ2n) is 15.3. The van der Waals surface area contributed by atoms with E-state index in [1.54, 1.807) is 0 Å². The molecule has 62 heavy (non-hydrogen) atoms. The molecule has 0 atom stereocenters. The van der Waals surface area contributed by atoms with E-state index in [-0.39, 0.29) is 0 Å². The Balaban J connectivity index is 1.03. The second-order valence-corrected chi connectivity index (χ2v) is 15.3. The third-order valence-corrected chi connectivity index (χ3v) is 11.4. The summed E-state index contributed by atoms with van der Waals surface area (Å²) in [6.07, 6.45) is 6.40. The highest BCUT2D eigenvalue weighted by Crippen LogP contribution is 2.40. The van der Waals surface area contributed by atoms with Crippen LogP contribution in [0.2, 0.25) is 0 Å². The number of rotatable bonds is 12. The van der Waals surface area contributed by atoms with Gasteiger partial charge in [0.05, 0.1) is 0 Å². The van der Waals surface area contributed by atoms with E-state index < -0.39 is 0 Å². The largest absolute Gasteiger partial charge is 0.311 e. The van der Waals surface area contributed by atoms with Gasteiger partial charge in [-0.05, 0) is 142 Å². The summed E-state index contributed by atoms with van der Waals surface area (Å²) in [4.78, 5) is 4.67. The van der Waals surface area contributed by atoms with Crippen molar-refractivity contribution < 1.29 is 0 Å². The number of hydrogen-bond acceptors (Lipinski definition) is 2. The van der Waals surface area contributed by atoms with Gasteiger partial charge in [-0.1, -0.05) is 182 Å². The fraction of sp³-hybridized carbons (Fsp3) is 0.0333. The number of nitrogens with zero attached hydrogens (tertiary/aromatic N) is 2. The van der Waals surface area contributed by atoms with Gasteiger partial charge in [0, 0.05) is 34.1 Å². The van der Waals surface area contributed by atoms with Gasteiger partial charge in [0.25, 0.3) is 0 Å². The van der Waals surface area contributed by atoms with Crippen molar-refractivity contribution in [2.75, 3.05) is 9.80 Å². The Kier molecular flexibility index (Phi) is 11.8. The minimum absolute atomic E-state index is 1.09. The van der Waals surface area contributed by atoms with Crippen LogP contribution in [0.15, 0.2) is 255 Å². The molecule has 298 valence electrons. The van der Waals surface area contributed by atoms with Crippen molar-refractivity contribution in [2.45, 2.75) is 13.8 Å². The van der Waals surface area contributed by atoms with Gasteiger partial charge in [-0.2, -0.15) is 0 Å². The van der Waals surface area contributed by atoms with E-state index in [0.717, 1.165) is 45.3 Å². The lowest BCUT2D eigenvalue weighted by molar-refractivity contribution is 1.28. The van der Waals surface area contributed by atoms with Crippen LogP contribution in [0.4, 0.5) is 34.1 Å². The Morgan fingerprint density at radius 2 is 0.500 bits per heavy atom. The summed E-state index contributed by atoms with van der Waals surface area (Å²) in [7, 11) is 0. The van der Waals surface area contributed by atoms with Gasteiger partial charge in [0.2, 0.25) is 0 Å². The van der Waals surface area contributed by atoms with Crippen molar-refractivity contribution in [2.24, 2.45) is 0 Å². The molecule has 0 aliphatic heterocycles. The molecule has 0 bridgehead atoms. The average Bonchev–Trinajstić information content (AvgIpc) is 3.36. The predicted molar refractivity (Wildman–Crippen MR) is 266 cm³/mol. The molecule has 9 aromatic carbocycles. The topological polar surface area (TPSA) is 6.48 Å². The van der Waals surface area contributed by atoms with Crippen LogP contribution in [0, 0.1) is 0 Å². The lowest BCUT2D eigenvalue weighted by Crippen LogP contribution is -2.10. The fourth-order valence-electron chi connectivity index (χ4n) is 8.14. The maximum absolute atomic E-state index is 2.33. The zero-order valence-electron chi connectivity index (χ0n) is 35.1. The molecule has 0 saturated carbocycles. The van der Waals surface area contributed by atoms with E-state index >= 15 is 0 Å². The Morgan fingerprint density at radius 1 is 0.274 bits per heavy atom. The van der Waals surface area contributed by atoms with E-state index in [9.17, 15) is 0 Å². The molecule has 0 amide bonds. The first-order valence-corrected chi connectivity index (χ1v) is 21.3. The van der Waals surface area contributed by atoms with Gasteiger partial charge in [-0.15, -0.1) is 0 Å². The SMILES string of the molecule is C/C=C\C(=C/C)c1ccc(N(c2ccc(-c3ccccc3)cc2)c2ccc(-c3ccc(N(c4ccc(-c5ccccc5)cc4)c4ccc(-c5ccccc5)cc4)cc3)cc2)cc1. The smallest absolute Gasteiger partial charge is 0.0462 e. The predicted octanol–water partition coefficient (Wildman–Crippen LogP) is 17.3. The van der Waals surface area contributed by atoms with Crippen LogP contribution in [-0.4, -0.2) is 0 Å². The Hall–Kier alpha value is -7.94. The van der Waals surface area contributed by atoms with E-state index in [2.05, 4.69) is 278 Å². The molecule has 2 nitrogen and oxygen atoms in total. The molecule has 0 radical (unpaired) electrons. The summed E-state index contributed by atoms with van der Waals surface area (Å²) in [5.41, 5.74) is 18.5. The minimum atomic E-state index is 1.09. The van der Waals surface area contributed by atoms with E-state index in [1.807, 2.05) is 0 Å². The minimum Gasteiger partial charge on any atom is -0.311 e. The lowest BCUT2D eigenvalue weighted by atomic mass is 10.0. The molecule has 2 heteroatoms. The quantitative estimate of drug-likeness (QED) is 0.114. The molecule has 0 fully saturated rings. The summed E-state index contributed by atoms with van der Waals surface area (Å²) in [5.74, 6) is 0. The highest BCUT2D eigenvalue weighted by atomic mass is 15.1. The van der Waals surface area contributed by atoms with Crippen LogP contribution >= 0.6 is 0 Å². The Labute approximate surface area is 366 Å². The zero-order chi connectivity index (χ0) is 42.1. The molecule has 9 aromatic rings. The average molecular weight is 797 g/mol. The highest BCUT2D eigenvalue weighted by Gasteiger charge is 2.16. The third-order valence-electron chi connectivity index (χ3n) is 11.4. The normalized spacial score (nSPS) is 11.4. The molecule has 0 heterocycles. The number of allylic oxidation sites excluding steroid dienone is 4. The first-order chi connectivity index (χ1) is 30.6. The van der Waals surface area contributed by atoms with Crippen LogP contribution in [-0.2, 0) is 0 Å². The van der Waals surface area contributed by atoms with Crippen molar-refractivity contribution in [1.29, 1.82) is 0 Å². The number of benzene rings is 9. The molecule has 0 N–H and O–H groups in total. The van der Waals surface area contributed by atoms with Crippen molar-refractivity contribution in [3.05, 3.63) is 260 Å². The van der Waals surface area contributed by atoms with Crippen LogP contribution in [0.3, 0.4) is 0 Å². The van der Waals surface area contributed by atoms with Crippen molar-refractivity contribution in [3.8, 4) is 44.5 Å². The molecule has 0 saturated heterocycles. The first-order valence-electron chi connectivity index (χ1n) is 21.3. The summed E-state index contributed by atoms with van der Waals surface area (Å²) in [6, 6.07) is 84.9. The van der Waals surface area contributed by atoms with Gasteiger partial charge in [0.1, 0.15) is 0 Å². The molecule has 0 aromatic heterocycles. The number of anilines is 6. The monoisotopic (exact) mass is 796 g/mol. The van der Waals surface area contributed by atoms with Gasteiger partial charge in [-0.3, -0.25) is 0 Å².